The normalized spacial score (nSPS) is 11.1. The van der Waals surface area contributed by atoms with Gasteiger partial charge in [-0.1, -0.05) is 0 Å². The minimum atomic E-state index is 0.190. The Bertz CT molecular complexity index is 945. The van der Waals surface area contributed by atoms with Gasteiger partial charge in [0, 0.05) is 19.4 Å². The quantitative estimate of drug-likeness (QED) is 0.584. The van der Waals surface area contributed by atoms with Crippen molar-refractivity contribution in [1.82, 2.24) is 33.7 Å². The molecule has 4 aromatic rings. The van der Waals surface area contributed by atoms with Crippen molar-refractivity contribution in [3.05, 3.63) is 43.4 Å². The summed E-state index contributed by atoms with van der Waals surface area (Å²) < 4.78 is 5.36. The lowest BCUT2D eigenvalue weighted by Crippen LogP contribution is -2.05. The topological polar surface area (TPSA) is 104 Å². The Kier molecular flexibility index (Phi) is 2.58. The van der Waals surface area contributed by atoms with Crippen LogP contribution in [-0.4, -0.2) is 33.7 Å². The van der Waals surface area contributed by atoms with E-state index in [1.54, 1.807) is 17.2 Å². The highest BCUT2D eigenvalue weighted by atomic mass is 15.3. The van der Waals surface area contributed by atoms with E-state index in [1.165, 1.54) is 0 Å². The van der Waals surface area contributed by atoms with Gasteiger partial charge in [0.05, 0.1) is 12.5 Å². The first-order valence-corrected chi connectivity index (χ1v) is 6.59. The molecule has 0 spiro atoms. The number of fused-ring (bicyclic) bond motifs is 1. The van der Waals surface area contributed by atoms with Crippen LogP contribution in [0.1, 0.15) is 0 Å². The fourth-order valence-electron chi connectivity index (χ4n) is 2.21. The van der Waals surface area contributed by atoms with E-state index in [1.807, 2.05) is 46.9 Å². The summed E-state index contributed by atoms with van der Waals surface area (Å²) in [5.74, 6) is 2.23. The van der Waals surface area contributed by atoms with Gasteiger partial charge in [-0.3, -0.25) is 4.57 Å². The summed E-state index contributed by atoms with van der Waals surface area (Å²) in [4.78, 5) is 12.8. The maximum atomic E-state index is 5.72. The van der Waals surface area contributed by atoms with Gasteiger partial charge in [0.25, 0.3) is 0 Å². The van der Waals surface area contributed by atoms with Crippen molar-refractivity contribution in [3.8, 4) is 5.82 Å². The van der Waals surface area contributed by atoms with Gasteiger partial charge in [-0.05, 0) is 12.1 Å². The van der Waals surface area contributed by atoms with Crippen LogP contribution in [0.2, 0.25) is 0 Å². The van der Waals surface area contributed by atoms with Crippen LogP contribution >= 0.6 is 0 Å². The zero-order valence-electron chi connectivity index (χ0n) is 11.7. The summed E-state index contributed by atoms with van der Waals surface area (Å²) in [7, 11) is 1.92. The number of anilines is 3. The van der Waals surface area contributed by atoms with Gasteiger partial charge in [0.2, 0.25) is 5.95 Å². The van der Waals surface area contributed by atoms with Crippen LogP contribution in [0.5, 0.6) is 0 Å². The van der Waals surface area contributed by atoms with Crippen LogP contribution in [0.25, 0.3) is 11.3 Å². The third-order valence-corrected chi connectivity index (χ3v) is 3.19. The summed E-state index contributed by atoms with van der Waals surface area (Å²) in [6.07, 6.45) is 8.97. The smallest absolute Gasteiger partial charge is 0.240 e. The Labute approximate surface area is 125 Å². The first-order chi connectivity index (χ1) is 10.7. The average molecular weight is 295 g/mol. The predicted molar refractivity (Wildman–Crippen MR) is 81.0 cm³/mol. The Morgan fingerprint density at radius 1 is 1.18 bits per heavy atom. The van der Waals surface area contributed by atoms with Crippen molar-refractivity contribution >= 4 is 23.1 Å². The lowest BCUT2D eigenvalue weighted by atomic mass is 10.5. The van der Waals surface area contributed by atoms with Crippen molar-refractivity contribution in [2.24, 2.45) is 7.05 Å². The molecule has 0 radical (unpaired) electrons. The van der Waals surface area contributed by atoms with Crippen molar-refractivity contribution in [2.45, 2.75) is 0 Å². The Hall–Kier alpha value is -3.36. The van der Waals surface area contributed by atoms with Crippen molar-refractivity contribution < 1.29 is 0 Å². The molecule has 0 aromatic carbocycles. The largest absolute Gasteiger partial charge is 0.366 e. The molecule has 0 fully saturated rings. The monoisotopic (exact) mass is 295 g/mol. The molecule has 0 amide bonds. The summed E-state index contributed by atoms with van der Waals surface area (Å²) >= 11 is 0. The number of hydrogen-bond acceptors (Lipinski definition) is 6. The van der Waals surface area contributed by atoms with Gasteiger partial charge >= 0.3 is 0 Å². The van der Waals surface area contributed by atoms with Crippen LogP contribution in [0.4, 0.5) is 17.6 Å². The van der Waals surface area contributed by atoms with Gasteiger partial charge in [0.15, 0.2) is 11.6 Å². The molecule has 0 saturated carbocycles. The lowest BCUT2D eigenvalue weighted by molar-refractivity contribution is 0.911. The molecule has 110 valence electrons. The van der Waals surface area contributed by atoms with Crippen molar-refractivity contribution in [1.29, 1.82) is 0 Å². The number of nitrogens with one attached hydrogen (secondary N) is 1. The molecular formula is C13H13N9. The van der Waals surface area contributed by atoms with E-state index in [0.29, 0.717) is 11.6 Å². The van der Waals surface area contributed by atoms with Gasteiger partial charge in [0.1, 0.15) is 17.7 Å². The third-order valence-electron chi connectivity index (χ3n) is 3.19. The number of hydrogen-bond donors (Lipinski definition) is 2. The maximum absolute atomic E-state index is 5.72. The Morgan fingerprint density at radius 2 is 2.09 bits per heavy atom. The number of rotatable bonds is 3. The van der Waals surface area contributed by atoms with E-state index in [-0.39, 0.29) is 5.95 Å². The van der Waals surface area contributed by atoms with Crippen LogP contribution in [0, 0.1) is 0 Å². The highest BCUT2D eigenvalue weighted by Crippen LogP contribution is 2.20. The van der Waals surface area contributed by atoms with E-state index < -0.39 is 0 Å². The number of imidazole rings is 2. The molecule has 4 heterocycles. The summed E-state index contributed by atoms with van der Waals surface area (Å²) in [5.41, 5.74) is 6.54. The Balaban J connectivity index is 1.68. The molecule has 9 heteroatoms. The summed E-state index contributed by atoms with van der Waals surface area (Å²) in [6, 6.07) is 3.78. The first kappa shape index (κ1) is 12.4. The van der Waals surface area contributed by atoms with Gasteiger partial charge in [-0.25, -0.2) is 14.5 Å². The number of nitrogens with two attached hydrogens (primary N) is 1. The highest BCUT2D eigenvalue weighted by molar-refractivity contribution is 5.72. The number of aromatic nitrogens is 7. The molecule has 4 rings (SSSR count). The molecule has 0 aliphatic carbocycles. The van der Waals surface area contributed by atoms with Crippen molar-refractivity contribution in [3.63, 3.8) is 0 Å². The van der Waals surface area contributed by atoms with E-state index in [4.69, 9.17) is 5.73 Å². The van der Waals surface area contributed by atoms with E-state index >= 15 is 0 Å². The van der Waals surface area contributed by atoms with Crippen LogP contribution in [-0.2, 0) is 7.05 Å². The molecule has 0 saturated heterocycles. The maximum Gasteiger partial charge on any atom is 0.240 e. The van der Waals surface area contributed by atoms with Crippen molar-refractivity contribution in [2.75, 3.05) is 11.1 Å². The fourth-order valence-corrected chi connectivity index (χ4v) is 2.21. The van der Waals surface area contributed by atoms with E-state index in [9.17, 15) is 0 Å². The first-order valence-electron chi connectivity index (χ1n) is 6.59. The number of aryl methyl sites for hydroxylation is 1. The summed E-state index contributed by atoms with van der Waals surface area (Å²) in [6.45, 7) is 0. The molecule has 4 aromatic heterocycles. The highest BCUT2D eigenvalue weighted by Gasteiger charge is 2.09. The molecule has 0 unspecified atom stereocenters. The van der Waals surface area contributed by atoms with Crippen LogP contribution in [0.15, 0.2) is 43.4 Å². The summed E-state index contributed by atoms with van der Waals surface area (Å²) in [5, 5.41) is 7.25. The zero-order chi connectivity index (χ0) is 15.1. The van der Waals surface area contributed by atoms with E-state index in [2.05, 4.69) is 25.4 Å². The van der Waals surface area contributed by atoms with Gasteiger partial charge in [-0.2, -0.15) is 4.98 Å². The number of nitrogen functional groups attached to an aromatic ring is 1. The molecule has 0 aliphatic rings. The second kappa shape index (κ2) is 4.58. The molecule has 0 bridgehead atoms. The van der Waals surface area contributed by atoms with Gasteiger partial charge in [-0.15, -0.1) is 5.10 Å². The Morgan fingerprint density at radius 3 is 2.91 bits per heavy atom. The van der Waals surface area contributed by atoms with Crippen LogP contribution < -0.4 is 11.1 Å². The average Bonchev–Trinajstić information content (AvgIpc) is 3.18. The fraction of sp³-hybridized carbons (Fsp3) is 0.0769. The molecule has 3 N–H and O–H groups in total. The zero-order valence-corrected chi connectivity index (χ0v) is 11.7. The minimum Gasteiger partial charge on any atom is -0.366 e. The molecule has 0 atom stereocenters. The van der Waals surface area contributed by atoms with Gasteiger partial charge < -0.3 is 15.6 Å². The molecule has 9 nitrogen and oxygen atoms in total. The van der Waals surface area contributed by atoms with Crippen LogP contribution in [0.3, 0.4) is 0 Å². The number of nitrogens with zero attached hydrogens (tertiary/aromatic N) is 7. The molecular weight excluding hydrogens is 282 g/mol. The standard InChI is InChI=1S/C13H13N9/c1-20-6-11(16-7-20)21-5-10(15-8-21)17-12-9-3-2-4-22(9)19-13(14)18-12/h2-8H,1H3,(H3,14,17,18,19). The molecule has 22 heavy (non-hydrogen) atoms. The second-order valence-electron chi connectivity index (χ2n) is 4.85. The third kappa shape index (κ3) is 2.04. The minimum absolute atomic E-state index is 0.190. The second-order valence-corrected chi connectivity index (χ2v) is 4.85. The molecule has 0 aliphatic heterocycles. The SMILES string of the molecule is Cn1cnc(-n2cnc(Nc3nc(N)nn4cccc34)c2)c1. The predicted octanol–water partition coefficient (Wildman–Crippen LogP) is 0.974. The lowest BCUT2D eigenvalue weighted by Gasteiger charge is -2.05. The van der Waals surface area contributed by atoms with E-state index in [0.717, 1.165) is 11.3 Å².